The molecule has 4 aromatic rings. The number of carbonyl (C=O) groups is 4. The minimum absolute atomic E-state index is 0.0290. The smallest absolute Gasteiger partial charge is 0.407 e. The third-order valence-corrected chi connectivity index (χ3v) is 12.0. The van der Waals surface area contributed by atoms with E-state index < -0.39 is 24.3 Å². The Hall–Kier alpha value is -6.14. The predicted octanol–water partition coefficient (Wildman–Crippen LogP) is 6.12. The van der Waals surface area contributed by atoms with Gasteiger partial charge in [-0.2, -0.15) is 0 Å². The number of nitrogens with zero attached hydrogens (tertiary/aromatic N) is 4. The number of ether oxygens (including phenoxy) is 3. The van der Waals surface area contributed by atoms with E-state index in [2.05, 4.69) is 37.4 Å². The van der Waals surface area contributed by atoms with Crippen molar-refractivity contribution in [3.63, 3.8) is 0 Å². The van der Waals surface area contributed by atoms with Gasteiger partial charge in [-0.05, 0) is 85.8 Å². The summed E-state index contributed by atoms with van der Waals surface area (Å²) in [6, 6.07) is 14.1. The minimum atomic E-state index is -0.686. The van der Waals surface area contributed by atoms with Crippen LogP contribution in [0.3, 0.4) is 0 Å². The molecule has 5 heterocycles. The molecule has 316 valence electrons. The lowest BCUT2D eigenvalue weighted by Gasteiger charge is -2.34. The molecule has 0 saturated carbocycles. The number of likely N-dealkylation sites (tertiary alicyclic amines) is 2. The Labute approximate surface area is 350 Å². The molecule has 4 N–H and O–H groups in total. The zero-order valence-electron chi connectivity index (χ0n) is 34.7. The summed E-state index contributed by atoms with van der Waals surface area (Å²) in [5, 5.41) is 5.54. The third kappa shape index (κ3) is 9.50. The van der Waals surface area contributed by atoms with Crippen LogP contribution in [0, 0.1) is 23.7 Å². The number of hydrogen-bond donors (Lipinski definition) is 4. The van der Waals surface area contributed by atoms with Crippen LogP contribution in [0.15, 0.2) is 60.9 Å². The van der Waals surface area contributed by atoms with E-state index in [1.54, 1.807) is 12.4 Å². The second-order valence-electron chi connectivity index (χ2n) is 15.7. The van der Waals surface area contributed by atoms with E-state index in [9.17, 15) is 19.2 Å². The first-order valence-corrected chi connectivity index (χ1v) is 20.9. The van der Waals surface area contributed by atoms with E-state index in [0.717, 1.165) is 71.6 Å². The van der Waals surface area contributed by atoms with Gasteiger partial charge in [0.15, 0.2) is 0 Å². The molecule has 0 aliphatic carbocycles. The number of rotatable bonds is 11. The number of aromatic nitrogens is 4. The topological polar surface area (TPSA) is 184 Å². The number of amides is 4. The zero-order chi connectivity index (χ0) is 42.2. The second kappa shape index (κ2) is 19.3. The molecule has 2 aromatic carbocycles. The van der Waals surface area contributed by atoms with Gasteiger partial charge in [0.2, 0.25) is 11.8 Å². The fraction of sp³-hybridized carbons (Fsp3) is 0.467. The van der Waals surface area contributed by atoms with Crippen molar-refractivity contribution < 1.29 is 33.4 Å². The molecule has 0 spiro atoms. The number of benzene rings is 2. The summed E-state index contributed by atoms with van der Waals surface area (Å²) in [5.41, 5.74) is 5.30. The summed E-state index contributed by atoms with van der Waals surface area (Å²) in [4.78, 5) is 71.8. The summed E-state index contributed by atoms with van der Waals surface area (Å²) < 4.78 is 15.2. The highest BCUT2D eigenvalue weighted by molar-refractivity contribution is 5.87. The number of aromatic amines is 2. The number of H-pyrrole nitrogens is 2. The average Bonchev–Trinajstić information content (AvgIpc) is 4.14. The van der Waals surface area contributed by atoms with Crippen LogP contribution in [0.1, 0.15) is 93.7 Å². The van der Waals surface area contributed by atoms with Crippen LogP contribution >= 0.6 is 0 Å². The van der Waals surface area contributed by atoms with Crippen LogP contribution in [0.25, 0.3) is 22.5 Å². The van der Waals surface area contributed by atoms with Gasteiger partial charge in [-0.1, -0.05) is 56.4 Å². The molecule has 3 saturated heterocycles. The predicted molar refractivity (Wildman–Crippen MR) is 223 cm³/mol. The Kier molecular flexibility index (Phi) is 13.5. The molecule has 15 heteroatoms. The van der Waals surface area contributed by atoms with Crippen molar-refractivity contribution >= 4 is 24.0 Å². The maximum atomic E-state index is 13.9. The quantitative estimate of drug-likeness (QED) is 0.130. The maximum Gasteiger partial charge on any atom is 0.407 e. The highest BCUT2D eigenvalue weighted by atomic mass is 16.5. The van der Waals surface area contributed by atoms with E-state index >= 15 is 0 Å². The Morgan fingerprint density at radius 1 is 0.750 bits per heavy atom. The average molecular weight is 819 g/mol. The molecule has 7 rings (SSSR count). The van der Waals surface area contributed by atoms with Gasteiger partial charge in [0.1, 0.15) is 23.7 Å². The maximum absolute atomic E-state index is 13.9. The standard InChI is InChI=1S/C45H54N8O7/c1-5-28(2)38(50-44(56)58-3)42(54)52-22-6-8-36(52)40-46-26-34(48-40)31-16-12-29(13-17-31)10-11-30-14-18-32(19-15-30)35-27-47-41(49-35)37-9-7-23-53(37)43(55)39(51-45(57)59-4)33-20-24-60-25-21-33/h12-19,26-28,33,36-39H,5-9,20-25H2,1-4H3,(H,46,48)(H,47,49)(H,50,56)(H,51,57)/t28-,36-,37-,38-,39-/m0/s1. The number of methoxy groups -OCH3 is 2. The summed E-state index contributed by atoms with van der Waals surface area (Å²) in [6.45, 7) is 6.24. The number of imidazole rings is 2. The van der Waals surface area contributed by atoms with Gasteiger partial charge in [-0.15, -0.1) is 0 Å². The van der Waals surface area contributed by atoms with Crippen LogP contribution in [0.5, 0.6) is 0 Å². The number of hydrogen-bond acceptors (Lipinski definition) is 9. The van der Waals surface area contributed by atoms with Crippen molar-refractivity contribution in [1.82, 2.24) is 40.4 Å². The van der Waals surface area contributed by atoms with Crippen molar-refractivity contribution in [3.8, 4) is 34.4 Å². The number of carbonyl (C=O) groups excluding carboxylic acids is 4. The highest BCUT2D eigenvalue weighted by Crippen LogP contribution is 2.35. The molecule has 3 aliphatic heterocycles. The molecule has 3 fully saturated rings. The largest absolute Gasteiger partial charge is 0.453 e. The first-order chi connectivity index (χ1) is 29.2. The normalized spacial score (nSPS) is 19.5. The Bertz CT molecular complexity index is 2180. The van der Waals surface area contributed by atoms with Crippen molar-refractivity contribution in [2.45, 2.75) is 83.0 Å². The Morgan fingerprint density at radius 3 is 1.72 bits per heavy atom. The first-order valence-electron chi connectivity index (χ1n) is 20.9. The number of nitrogens with one attached hydrogen (secondary N) is 4. The van der Waals surface area contributed by atoms with Gasteiger partial charge in [0.05, 0.1) is 50.1 Å². The van der Waals surface area contributed by atoms with Gasteiger partial charge >= 0.3 is 12.2 Å². The summed E-state index contributed by atoms with van der Waals surface area (Å²) in [5.74, 6) is 7.61. The third-order valence-electron chi connectivity index (χ3n) is 12.0. The lowest BCUT2D eigenvalue weighted by atomic mass is 9.90. The van der Waals surface area contributed by atoms with E-state index in [-0.39, 0.29) is 35.7 Å². The summed E-state index contributed by atoms with van der Waals surface area (Å²) >= 11 is 0. The van der Waals surface area contributed by atoms with Crippen LogP contribution in [0.4, 0.5) is 9.59 Å². The molecule has 4 amide bonds. The number of alkyl carbamates (subject to hydrolysis) is 2. The first kappa shape index (κ1) is 42.0. The van der Waals surface area contributed by atoms with Gasteiger partial charge in [-0.3, -0.25) is 9.59 Å². The van der Waals surface area contributed by atoms with Crippen LogP contribution in [0.2, 0.25) is 0 Å². The minimum Gasteiger partial charge on any atom is -0.453 e. The van der Waals surface area contributed by atoms with Gasteiger partial charge < -0.3 is 44.6 Å². The monoisotopic (exact) mass is 818 g/mol. The van der Waals surface area contributed by atoms with Crippen molar-refractivity contribution in [2.75, 3.05) is 40.5 Å². The summed E-state index contributed by atoms with van der Waals surface area (Å²) in [7, 11) is 2.60. The van der Waals surface area contributed by atoms with Crippen molar-refractivity contribution in [1.29, 1.82) is 0 Å². The van der Waals surface area contributed by atoms with E-state index in [4.69, 9.17) is 19.2 Å². The van der Waals surface area contributed by atoms with Crippen LogP contribution < -0.4 is 10.6 Å². The van der Waals surface area contributed by atoms with E-state index in [1.165, 1.54) is 14.2 Å². The Balaban J connectivity index is 0.972. The molecule has 0 radical (unpaired) electrons. The molecule has 5 atom stereocenters. The van der Waals surface area contributed by atoms with Crippen LogP contribution in [-0.4, -0.2) is 106 Å². The molecule has 60 heavy (non-hydrogen) atoms. The van der Waals surface area contributed by atoms with Crippen molar-refractivity contribution in [2.24, 2.45) is 11.8 Å². The second-order valence-corrected chi connectivity index (χ2v) is 15.7. The highest BCUT2D eigenvalue weighted by Gasteiger charge is 2.41. The molecule has 0 bridgehead atoms. The molecular formula is C45H54N8O7. The molecule has 2 aromatic heterocycles. The summed E-state index contributed by atoms with van der Waals surface area (Å²) in [6.07, 6.45) is 7.70. The molecule has 15 nitrogen and oxygen atoms in total. The lowest BCUT2D eigenvalue weighted by molar-refractivity contribution is -0.137. The van der Waals surface area contributed by atoms with Gasteiger partial charge in [0, 0.05) is 37.4 Å². The van der Waals surface area contributed by atoms with Gasteiger partial charge in [-0.25, -0.2) is 19.6 Å². The fourth-order valence-electron chi connectivity index (χ4n) is 8.39. The molecule has 3 aliphatic rings. The fourth-order valence-corrected chi connectivity index (χ4v) is 8.39. The lowest BCUT2D eigenvalue weighted by Crippen LogP contribution is -2.53. The SMILES string of the molecule is CC[C@H](C)[C@H](NC(=O)OC)C(=O)N1CCC[C@H]1c1ncc(-c2ccc(C#Cc3ccc(-c4cnc([C@@H]5CCCN5C(=O)[C@@H](NC(=O)OC)C5CCOCC5)[nH]4)cc3)cc2)[nH]1. The molecule has 0 unspecified atom stereocenters. The van der Waals surface area contributed by atoms with Gasteiger partial charge in [0.25, 0.3) is 0 Å². The Morgan fingerprint density at radius 2 is 1.23 bits per heavy atom. The molecular weight excluding hydrogens is 765 g/mol. The van der Waals surface area contributed by atoms with Crippen LogP contribution in [-0.2, 0) is 23.8 Å². The van der Waals surface area contributed by atoms with Crippen molar-refractivity contribution in [3.05, 3.63) is 83.7 Å². The zero-order valence-corrected chi connectivity index (χ0v) is 34.7. The van der Waals surface area contributed by atoms with E-state index in [0.29, 0.717) is 45.0 Å². The van der Waals surface area contributed by atoms with E-state index in [1.807, 2.05) is 72.2 Å².